The van der Waals surface area contributed by atoms with Gasteiger partial charge in [-0.15, -0.1) is 0 Å². The van der Waals surface area contributed by atoms with Crippen molar-refractivity contribution < 1.29 is 14.3 Å². The number of urea groups is 1. The molecule has 3 rings (SSSR count). The molecule has 0 atom stereocenters. The lowest BCUT2D eigenvalue weighted by atomic mass is 9.96. The minimum absolute atomic E-state index is 0.0421. The fourth-order valence-electron chi connectivity index (χ4n) is 3.07. The topological polar surface area (TPSA) is 74.8 Å². The highest BCUT2D eigenvalue weighted by Gasteiger charge is 2.25. The molecule has 26 heavy (non-hydrogen) atoms. The average molecular weight is 354 g/mol. The number of aromatic nitrogens is 1. The second-order valence-corrected chi connectivity index (χ2v) is 6.33. The Balaban J connectivity index is 1.83. The number of nitrogens with one attached hydrogen (secondary N) is 1. The zero-order valence-electron chi connectivity index (χ0n) is 15.2. The Morgan fingerprint density at radius 3 is 2.73 bits per heavy atom. The third-order valence-corrected chi connectivity index (χ3v) is 4.39. The van der Waals surface area contributed by atoms with Crippen LogP contribution in [-0.4, -0.2) is 54.5 Å². The molecule has 0 fully saturated rings. The van der Waals surface area contributed by atoms with Crippen LogP contribution in [0.5, 0.6) is 5.75 Å². The summed E-state index contributed by atoms with van der Waals surface area (Å²) in [7, 11) is 5.02. The van der Waals surface area contributed by atoms with Crippen molar-refractivity contribution in [1.29, 1.82) is 0 Å². The number of hydrogen-bond acceptors (Lipinski definition) is 4. The van der Waals surface area contributed by atoms with E-state index < -0.39 is 0 Å². The summed E-state index contributed by atoms with van der Waals surface area (Å²) in [4.78, 5) is 32.5. The number of fused-ring (bicyclic) bond motifs is 1. The van der Waals surface area contributed by atoms with E-state index in [1.165, 1.54) is 0 Å². The molecular weight excluding hydrogens is 332 g/mol. The average Bonchev–Trinajstić information content (AvgIpc) is 2.66. The van der Waals surface area contributed by atoms with Gasteiger partial charge in [0.05, 0.1) is 18.4 Å². The number of carbonyl (C=O) groups is 2. The van der Waals surface area contributed by atoms with Crippen LogP contribution in [-0.2, 0) is 13.0 Å². The SMILES string of the molecule is COc1ccccc1NC(=O)c1cncc2c1CCN(C(=O)N(C)C)C2. The number of rotatable bonds is 3. The maximum Gasteiger partial charge on any atom is 0.319 e. The molecule has 0 aliphatic carbocycles. The molecule has 0 saturated heterocycles. The fourth-order valence-corrected chi connectivity index (χ4v) is 3.07. The summed E-state index contributed by atoms with van der Waals surface area (Å²) in [6.07, 6.45) is 3.92. The molecule has 7 heteroatoms. The van der Waals surface area contributed by atoms with Gasteiger partial charge in [0.2, 0.25) is 0 Å². The van der Waals surface area contributed by atoms with Gasteiger partial charge in [-0.3, -0.25) is 9.78 Å². The van der Waals surface area contributed by atoms with E-state index in [-0.39, 0.29) is 11.9 Å². The van der Waals surface area contributed by atoms with Gasteiger partial charge in [0.15, 0.2) is 0 Å². The van der Waals surface area contributed by atoms with Gasteiger partial charge in [-0.25, -0.2) is 4.79 Å². The van der Waals surface area contributed by atoms with Crippen LogP contribution in [0.2, 0.25) is 0 Å². The first-order valence-electron chi connectivity index (χ1n) is 8.37. The maximum atomic E-state index is 12.8. The van der Waals surface area contributed by atoms with Crippen LogP contribution in [0.25, 0.3) is 0 Å². The largest absolute Gasteiger partial charge is 0.495 e. The fraction of sp³-hybridized carbons (Fsp3) is 0.316. The molecule has 3 amide bonds. The highest BCUT2D eigenvalue weighted by Crippen LogP contribution is 2.26. The molecule has 0 bridgehead atoms. The van der Waals surface area contributed by atoms with E-state index in [1.807, 2.05) is 12.1 Å². The molecule has 1 aliphatic rings. The van der Waals surface area contributed by atoms with E-state index >= 15 is 0 Å². The monoisotopic (exact) mass is 354 g/mol. The lowest BCUT2D eigenvalue weighted by Gasteiger charge is -2.31. The lowest BCUT2D eigenvalue weighted by molar-refractivity contribution is 0.102. The first-order valence-corrected chi connectivity index (χ1v) is 8.37. The predicted molar refractivity (Wildman–Crippen MR) is 98.4 cm³/mol. The summed E-state index contributed by atoms with van der Waals surface area (Å²) in [6, 6.07) is 7.22. The molecule has 0 saturated carbocycles. The van der Waals surface area contributed by atoms with E-state index in [0.29, 0.717) is 36.5 Å². The van der Waals surface area contributed by atoms with Gasteiger partial charge in [0.25, 0.3) is 5.91 Å². The molecular formula is C19H22N4O3. The van der Waals surface area contributed by atoms with Crippen molar-refractivity contribution in [3.63, 3.8) is 0 Å². The van der Waals surface area contributed by atoms with E-state index in [4.69, 9.17) is 4.74 Å². The number of benzene rings is 1. The number of ether oxygens (including phenoxy) is 1. The summed E-state index contributed by atoms with van der Waals surface area (Å²) in [5.41, 5.74) is 2.98. The Hall–Kier alpha value is -3.09. The number of nitrogens with zero attached hydrogens (tertiary/aromatic N) is 3. The summed E-state index contributed by atoms with van der Waals surface area (Å²) < 4.78 is 5.28. The van der Waals surface area contributed by atoms with Gasteiger partial charge in [0.1, 0.15) is 5.75 Å². The van der Waals surface area contributed by atoms with Crippen molar-refractivity contribution in [2.45, 2.75) is 13.0 Å². The summed E-state index contributed by atoms with van der Waals surface area (Å²) in [5.74, 6) is 0.368. The van der Waals surface area contributed by atoms with Crippen molar-refractivity contribution in [1.82, 2.24) is 14.8 Å². The standard InChI is InChI=1S/C19H22N4O3/c1-22(2)19(25)23-9-8-14-13(12-23)10-20-11-15(14)18(24)21-16-6-4-5-7-17(16)26-3/h4-7,10-11H,8-9,12H2,1-3H3,(H,21,24). The number of para-hydroxylation sites is 2. The van der Waals surface area contributed by atoms with Crippen molar-refractivity contribution in [2.24, 2.45) is 0 Å². The molecule has 1 aromatic carbocycles. The van der Waals surface area contributed by atoms with E-state index in [1.54, 1.807) is 55.5 Å². The molecule has 1 N–H and O–H groups in total. The second kappa shape index (κ2) is 7.43. The zero-order chi connectivity index (χ0) is 18.7. The van der Waals surface area contributed by atoms with E-state index in [9.17, 15) is 9.59 Å². The van der Waals surface area contributed by atoms with Gasteiger partial charge >= 0.3 is 6.03 Å². The minimum Gasteiger partial charge on any atom is -0.495 e. The van der Waals surface area contributed by atoms with Gasteiger partial charge in [-0.2, -0.15) is 0 Å². The summed E-state index contributed by atoms with van der Waals surface area (Å²) >= 11 is 0. The molecule has 0 spiro atoms. The number of amides is 3. The molecule has 136 valence electrons. The smallest absolute Gasteiger partial charge is 0.319 e. The zero-order valence-corrected chi connectivity index (χ0v) is 15.2. The molecule has 2 aromatic rings. The lowest BCUT2D eigenvalue weighted by Crippen LogP contribution is -2.42. The first kappa shape index (κ1) is 17.7. The molecule has 0 unspecified atom stereocenters. The van der Waals surface area contributed by atoms with Crippen LogP contribution < -0.4 is 10.1 Å². The Kier molecular flexibility index (Phi) is 5.06. The van der Waals surface area contributed by atoms with Crippen LogP contribution in [0.4, 0.5) is 10.5 Å². The second-order valence-electron chi connectivity index (χ2n) is 6.33. The van der Waals surface area contributed by atoms with Gasteiger partial charge in [-0.05, 0) is 29.7 Å². The van der Waals surface area contributed by atoms with Crippen molar-refractivity contribution >= 4 is 17.6 Å². The first-order chi connectivity index (χ1) is 12.5. The summed E-state index contributed by atoms with van der Waals surface area (Å²) in [5, 5.41) is 2.89. The Bertz CT molecular complexity index is 835. The van der Waals surface area contributed by atoms with Crippen LogP contribution in [0.15, 0.2) is 36.7 Å². The van der Waals surface area contributed by atoms with Crippen molar-refractivity contribution in [2.75, 3.05) is 33.1 Å². The van der Waals surface area contributed by atoms with Crippen LogP contribution in [0.3, 0.4) is 0 Å². The minimum atomic E-state index is -0.230. The molecule has 1 aromatic heterocycles. The highest BCUT2D eigenvalue weighted by molar-refractivity contribution is 6.06. The van der Waals surface area contributed by atoms with Gasteiger partial charge < -0.3 is 19.9 Å². The third-order valence-electron chi connectivity index (χ3n) is 4.39. The van der Waals surface area contributed by atoms with Crippen LogP contribution in [0, 0.1) is 0 Å². The van der Waals surface area contributed by atoms with Crippen LogP contribution in [0.1, 0.15) is 21.5 Å². The molecule has 2 heterocycles. The van der Waals surface area contributed by atoms with Crippen LogP contribution >= 0.6 is 0 Å². The quantitative estimate of drug-likeness (QED) is 0.918. The summed E-state index contributed by atoms with van der Waals surface area (Å²) in [6.45, 7) is 1.03. The third kappa shape index (κ3) is 3.46. The van der Waals surface area contributed by atoms with E-state index in [0.717, 1.165) is 11.1 Å². The number of pyridine rings is 1. The number of hydrogen-bond donors (Lipinski definition) is 1. The Labute approximate surface area is 152 Å². The number of carbonyl (C=O) groups excluding carboxylic acids is 2. The molecule has 1 aliphatic heterocycles. The predicted octanol–water partition coefficient (Wildman–Crippen LogP) is 2.38. The number of methoxy groups -OCH3 is 1. The normalized spacial score (nSPS) is 13.0. The number of anilines is 1. The molecule has 7 nitrogen and oxygen atoms in total. The van der Waals surface area contributed by atoms with Crippen molar-refractivity contribution in [3.05, 3.63) is 53.3 Å². The van der Waals surface area contributed by atoms with Gasteiger partial charge in [-0.1, -0.05) is 12.1 Å². The van der Waals surface area contributed by atoms with E-state index in [2.05, 4.69) is 10.3 Å². The van der Waals surface area contributed by atoms with Gasteiger partial charge in [0, 0.05) is 39.6 Å². The highest BCUT2D eigenvalue weighted by atomic mass is 16.5. The maximum absolute atomic E-state index is 12.8. The Morgan fingerprint density at radius 1 is 1.23 bits per heavy atom. The molecule has 0 radical (unpaired) electrons. The Morgan fingerprint density at radius 2 is 2.00 bits per heavy atom. The van der Waals surface area contributed by atoms with Crippen molar-refractivity contribution in [3.8, 4) is 5.75 Å².